The number of hydrogen-bond donors (Lipinski definition) is 0. The fraction of sp³-hybridized carbons (Fsp3) is 0.552. The molecule has 0 aliphatic heterocycles. The molecule has 3 nitrogen and oxygen atoms in total. The van der Waals surface area contributed by atoms with E-state index in [9.17, 15) is 0 Å². The Balaban J connectivity index is 1.72. The SMILES string of the molecule is CCCCCCCCCCC(OC)Oc1ccc(C=Nc2ccc(CCCC)cc2)cc1. The van der Waals surface area contributed by atoms with Crippen molar-refractivity contribution in [2.24, 2.45) is 4.99 Å². The van der Waals surface area contributed by atoms with Crippen molar-refractivity contribution in [3.05, 3.63) is 59.7 Å². The van der Waals surface area contributed by atoms with Gasteiger partial charge in [0.05, 0.1) is 5.69 Å². The zero-order valence-corrected chi connectivity index (χ0v) is 20.5. The maximum atomic E-state index is 6.02. The van der Waals surface area contributed by atoms with Crippen molar-refractivity contribution >= 4 is 11.9 Å². The fourth-order valence-electron chi connectivity index (χ4n) is 3.73. The highest BCUT2D eigenvalue weighted by Gasteiger charge is 2.08. The first-order valence-electron chi connectivity index (χ1n) is 12.7. The third-order valence-electron chi connectivity index (χ3n) is 5.82. The number of rotatable bonds is 17. The Labute approximate surface area is 196 Å². The second kappa shape index (κ2) is 16.5. The normalized spacial score (nSPS) is 12.3. The summed E-state index contributed by atoms with van der Waals surface area (Å²) in [4.78, 5) is 4.60. The molecule has 2 aromatic rings. The molecule has 0 aliphatic rings. The summed E-state index contributed by atoms with van der Waals surface area (Å²) in [6, 6.07) is 16.6. The Hall–Kier alpha value is -2.13. The molecule has 0 N–H and O–H groups in total. The Kier molecular flexibility index (Phi) is 13.5. The zero-order chi connectivity index (χ0) is 22.9. The third kappa shape index (κ3) is 10.9. The van der Waals surface area contributed by atoms with Crippen LogP contribution in [0.1, 0.15) is 95.6 Å². The van der Waals surface area contributed by atoms with Crippen LogP contribution in [-0.2, 0) is 11.2 Å². The molecule has 0 heterocycles. The highest BCUT2D eigenvalue weighted by molar-refractivity contribution is 5.82. The van der Waals surface area contributed by atoms with Crippen molar-refractivity contribution < 1.29 is 9.47 Å². The van der Waals surface area contributed by atoms with Gasteiger partial charge in [0.1, 0.15) is 5.75 Å². The third-order valence-corrected chi connectivity index (χ3v) is 5.82. The molecule has 0 aliphatic carbocycles. The molecule has 0 saturated carbocycles. The number of hydrogen-bond acceptors (Lipinski definition) is 3. The molecule has 0 bridgehead atoms. The summed E-state index contributed by atoms with van der Waals surface area (Å²) < 4.78 is 11.6. The molecule has 0 fully saturated rings. The summed E-state index contributed by atoms with van der Waals surface area (Å²) in [7, 11) is 1.73. The molecular weight excluding hydrogens is 394 g/mol. The molecule has 0 radical (unpaired) electrons. The molecule has 1 unspecified atom stereocenters. The van der Waals surface area contributed by atoms with E-state index in [1.54, 1.807) is 7.11 Å². The van der Waals surface area contributed by atoms with Gasteiger partial charge in [-0.2, -0.15) is 0 Å². The summed E-state index contributed by atoms with van der Waals surface area (Å²) in [5.41, 5.74) is 3.42. The van der Waals surface area contributed by atoms with Gasteiger partial charge in [-0.3, -0.25) is 4.99 Å². The first-order valence-corrected chi connectivity index (χ1v) is 12.7. The van der Waals surface area contributed by atoms with Gasteiger partial charge in [-0.1, -0.05) is 77.3 Å². The van der Waals surface area contributed by atoms with E-state index in [0.29, 0.717) is 0 Å². The van der Waals surface area contributed by atoms with Crippen LogP contribution in [0.15, 0.2) is 53.5 Å². The van der Waals surface area contributed by atoms with Crippen molar-refractivity contribution in [1.29, 1.82) is 0 Å². The first kappa shape index (κ1) is 26.1. The molecule has 3 heteroatoms. The predicted octanol–water partition coefficient (Wildman–Crippen LogP) is 8.66. The Bertz CT molecular complexity index is 737. The van der Waals surface area contributed by atoms with Crippen LogP contribution in [0.5, 0.6) is 5.75 Å². The summed E-state index contributed by atoms with van der Waals surface area (Å²) in [6.07, 6.45) is 16.8. The number of ether oxygens (including phenoxy) is 2. The van der Waals surface area contributed by atoms with Crippen molar-refractivity contribution in [3.8, 4) is 5.75 Å². The lowest BCUT2D eigenvalue weighted by molar-refractivity contribution is -0.0594. The lowest BCUT2D eigenvalue weighted by Crippen LogP contribution is -2.18. The number of aliphatic imine (C=N–C) groups is 1. The minimum absolute atomic E-state index is 0.180. The average molecular weight is 438 g/mol. The van der Waals surface area contributed by atoms with E-state index in [-0.39, 0.29) is 6.29 Å². The summed E-state index contributed by atoms with van der Waals surface area (Å²) in [6.45, 7) is 4.49. The average Bonchev–Trinajstić information content (AvgIpc) is 2.83. The van der Waals surface area contributed by atoms with Crippen LogP contribution in [0.2, 0.25) is 0 Å². The van der Waals surface area contributed by atoms with Crippen LogP contribution in [0, 0.1) is 0 Å². The topological polar surface area (TPSA) is 30.8 Å². The van der Waals surface area contributed by atoms with Gasteiger partial charge in [0.25, 0.3) is 0 Å². The number of methoxy groups -OCH3 is 1. The fourth-order valence-corrected chi connectivity index (χ4v) is 3.73. The first-order chi connectivity index (χ1) is 15.7. The van der Waals surface area contributed by atoms with Crippen LogP contribution >= 0.6 is 0 Å². The van der Waals surface area contributed by atoms with E-state index in [1.807, 2.05) is 30.5 Å². The van der Waals surface area contributed by atoms with E-state index >= 15 is 0 Å². The van der Waals surface area contributed by atoms with E-state index in [1.165, 1.54) is 63.4 Å². The molecule has 1 atom stereocenters. The minimum atomic E-state index is -0.180. The van der Waals surface area contributed by atoms with Crippen LogP contribution < -0.4 is 4.74 Å². The lowest BCUT2D eigenvalue weighted by Gasteiger charge is -2.17. The van der Waals surface area contributed by atoms with E-state index < -0.39 is 0 Å². The van der Waals surface area contributed by atoms with Crippen LogP contribution in [-0.4, -0.2) is 19.6 Å². The molecular formula is C29H43NO2. The van der Waals surface area contributed by atoms with Crippen LogP contribution in [0.3, 0.4) is 0 Å². The summed E-state index contributed by atoms with van der Waals surface area (Å²) in [5.74, 6) is 0.842. The molecule has 0 spiro atoms. The van der Waals surface area contributed by atoms with Gasteiger partial charge in [0, 0.05) is 19.7 Å². The molecule has 176 valence electrons. The minimum Gasteiger partial charge on any atom is -0.465 e. The number of benzene rings is 2. The van der Waals surface area contributed by atoms with Crippen molar-refractivity contribution in [1.82, 2.24) is 0 Å². The zero-order valence-electron chi connectivity index (χ0n) is 20.5. The van der Waals surface area contributed by atoms with Crippen LogP contribution in [0.4, 0.5) is 5.69 Å². The monoisotopic (exact) mass is 437 g/mol. The largest absolute Gasteiger partial charge is 0.465 e. The van der Waals surface area contributed by atoms with Crippen molar-refractivity contribution in [3.63, 3.8) is 0 Å². The van der Waals surface area contributed by atoms with Gasteiger partial charge < -0.3 is 9.47 Å². The number of aryl methyl sites for hydroxylation is 1. The van der Waals surface area contributed by atoms with Gasteiger partial charge in [-0.05, 0) is 66.8 Å². The van der Waals surface area contributed by atoms with E-state index in [2.05, 4.69) is 43.1 Å². The van der Waals surface area contributed by atoms with Gasteiger partial charge in [-0.15, -0.1) is 0 Å². The predicted molar refractivity (Wildman–Crippen MR) is 137 cm³/mol. The maximum absolute atomic E-state index is 6.02. The number of nitrogens with zero attached hydrogens (tertiary/aromatic N) is 1. The van der Waals surface area contributed by atoms with Gasteiger partial charge in [0.2, 0.25) is 0 Å². The smallest absolute Gasteiger partial charge is 0.199 e. The molecule has 32 heavy (non-hydrogen) atoms. The second-order valence-electron chi connectivity index (χ2n) is 8.64. The highest BCUT2D eigenvalue weighted by atomic mass is 16.7. The molecule has 0 saturated heterocycles. The van der Waals surface area contributed by atoms with Crippen molar-refractivity contribution in [2.75, 3.05) is 7.11 Å². The van der Waals surface area contributed by atoms with Gasteiger partial charge in [0.15, 0.2) is 6.29 Å². The molecule has 2 rings (SSSR count). The lowest BCUT2D eigenvalue weighted by atomic mass is 10.1. The van der Waals surface area contributed by atoms with Crippen molar-refractivity contribution in [2.45, 2.75) is 97.2 Å². The summed E-state index contributed by atoms with van der Waals surface area (Å²) in [5, 5.41) is 0. The summed E-state index contributed by atoms with van der Waals surface area (Å²) >= 11 is 0. The van der Waals surface area contributed by atoms with Crippen LogP contribution in [0.25, 0.3) is 0 Å². The molecule has 0 amide bonds. The Morgan fingerprint density at radius 2 is 1.38 bits per heavy atom. The second-order valence-corrected chi connectivity index (χ2v) is 8.64. The molecule has 2 aromatic carbocycles. The van der Waals surface area contributed by atoms with Gasteiger partial charge in [-0.25, -0.2) is 0 Å². The van der Waals surface area contributed by atoms with E-state index in [4.69, 9.17) is 9.47 Å². The maximum Gasteiger partial charge on any atom is 0.199 e. The highest BCUT2D eigenvalue weighted by Crippen LogP contribution is 2.19. The molecule has 0 aromatic heterocycles. The quantitative estimate of drug-likeness (QED) is 0.141. The standard InChI is InChI=1S/C29H43NO2/c1-4-6-8-9-10-11-12-13-15-29(31-3)32-28-22-18-26(19-23-28)24-30-27-20-16-25(17-21-27)14-7-5-2/h16-24,29H,4-15H2,1-3H3. The van der Waals surface area contributed by atoms with Gasteiger partial charge >= 0.3 is 0 Å². The van der Waals surface area contributed by atoms with E-state index in [0.717, 1.165) is 36.3 Å². The number of unbranched alkanes of at least 4 members (excludes halogenated alkanes) is 8. The Morgan fingerprint density at radius 1 is 0.750 bits per heavy atom. The Morgan fingerprint density at radius 3 is 2.00 bits per heavy atom.